The Morgan fingerprint density at radius 2 is 1.90 bits per heavy atom. The van der Waals surface area contributed by atoms with E-state index in [1.54, 1.807) is 6.20 Å². The lowest BCUT2D eigenvalue weighted by molar-refractivity contribution is 0.898. The molecule has 114 valence electrons. The van der Waals surface area contributed by atoms with Gasteiger partial charge in [0.2, 0.25) is 0 Å². The molecule has 0 saturated heterocycles. The monoisotopic (exact) mass is 283 g/mol. The molecule has 21 heavy (non-hydrogen) atoms. The number of hydrogen-bond donors (Lipinski definition) is 1. The zero-order valence-corrected chi connectivity index (χ0v) is 14.2. The molecule has 0 aromatic heterocycles. The average Bonchev–Trinajstić information content (AvgIpc) is 2.46. The highest BCUT2D eigenvalue weighted by Crippen LogP contribution is 2.21. The summed E-state index contributed by atoms with van der Waals surface area (Å²) >= 11 is 0. The van der Waals surface area contributed by atoms with Crippen molar-refractivity contribution in [3.63, 3.8) is 0 Å². The summed E-state index contributed by atoms with van der Waals surface area (Å²) in [5, 5.41) is 3.05. The normalized spacial score (nSPS) is 12.9. The molecule has 0 saturated carbocycles. The number of rotatable bonds is 7. The topological polar surface area (TPSA) is 12.0 Å². The molecule has 0 radical (unpaired) electrons. The second-order valence-corrected chi connectivity index (χ2v) is 5.80. The summed E-state index contributed by atoms with van der Waals surface area (Å²) in [6, 6.07) is 6.85. The van der Waals surface area contributed by atoms with Gasteiger partial charge in [0.25, 0.3) is 0 Å². The summed E-state index contributed by atoms with van der Waals surface area (Å²) in [4.78, 5) is 0. The molecule has 0 spiro atoms. The first kappa shape index (κ1) is 17.3. The molecule has 0 aliphatic rings. The third-order valence-electron chi connectivity index (χ3n) is 3.99. The molecule has 0 unspecified atom stereocenters. The van der Waals surface area contributed by atoms with Gasteiger partial charge in [0.1, 0.15) is 0 Å². The number of aryl methyl sites for hydroxylation is 2. The van der Waals surface area contributed by atoms with Gasteiger partial charge in [-0.2, -0.15) is 0 Å². The summed E-state index contributed by atoms with van der Waals surface area (Å²) in [5.41, 5.74) is 8.35. The molecule has 0 aliphatic carbocycles. The maximum atomic E-state index is 3.67. The smallest absolute Gasteiger partial charge is 0.00363 e. The molecule has 0 aliphatic heterocycles. The summed E-state index contributed by atoms with van der Waals surface area (Å²) < 4.78 is 0. The van der Waals surface area contributed by atoms with Crippen LogP contribution in [0.3, 0.4) is 0 Å². The van der Waals surface area contributed by atoms with Gasteiger partial charge in [-0.15, -0.1) is 0 Å². The van der Waals surface area contributed by atoms with Crippen LogP contribution in [0.25, 0.3) is 0 Å². The van der Waals surface area contributed by atoms with Crippen LogP contribution in [0.5, 0.6) is 0 Å². The van der Waals surface area contributed by atoms with E-state index in [2.05, 4.69) is 64.7 Å². The Kier molecular flexibility index (Phi) is 7.01. The minimum Gasteiger partial charge on any atom is -0.368 e. The minimum atomic E-state index is 1.03. The molecule has 0 atom stereocenters. The van der Waals surface area contributed by atoms with Crippen LogP contribution in [0, 0.1) is 6.92 Å². The molecule has 0 bridgehead atoms. The van der Waals surface area contributed by atoms with E-state index in [9.17, 15) is 0 Å². The first-order valence-electron chi connectivity index (χ1n) is 7.78. The number of nitrogens with one attached hydrogen (secondary N) is 1. The number of allylic oxidation sites excluding steroid dienone is 3. The van der Waals surface area contributed by atoms with Crippen molar-refractivity contribution in [3.8, 4) is 0 Å². The lowest BCUT2D eigenvalue weighted by atomic mass is 9.93. The molecule has 0 heterocycles. The quantitative estimate of drug-likeness (QED) is 0.655. The molecule has 1 heteroatoms. The largest absolute Gasteiger partial charge is 0.368 e. The van der Waals surface area contributed by atoms with Crippen molar-refractivity contribution in [2.75, 3.05) is 0 Å². The van der Waals surface area contributed by atoms with Crippen LogP contribution in [0.4, 0.5) is 0 Å². The SMILES string of the molecule is C=CN/C=C(C)/C(C)=C(\C)Cc1ccc(C)cc1CCC. The zero-order valence-electron chi connectivity index (χ0n) is 14.2. The Hall–Kier alpha value is -1.76. The molecule has 1 nitrogen and oxygen atoms in total. The van der Waals surface area contributed by atoms with Gasteiger partial charge in [-0.1, -0.05) is 49.3 Å². The van der Waals surface area contributed by atoms with Crippen LogP contribution in [0.2, 0.25) is 0 Å². The van der Waals surface area contributed by atoms with Crippen LogP contribution in [0.15, 0.2) is 53.9 Å². The lowest BCUT2D eigenvalue weighted by Crippen LogP contribution is -2.00. The van der Waals surface area contributed by atoms with Crippen LogP contribution in [-0.4, -0.2) is 0 Å². The Morgan fingerprint density at radius 1 is 1.19 bits per heavy atom. The highest BCUT2D eigenvalue weighted by atomic mass is 14.8. The summed E-state index contributed by atoms with van der Waals surface area (Å²) in [6.45, 7) is 14.7. The summed E-state index contributed by atoms with van der Waals surface area (Å²) in [6.07, 6.45) is 7.09. The van der Waals surface area contributed by atoms with Gasteiger partial charge < -0.3 is 5.32 Å². The van der Waals surface area contributed by atoms with E-state index in [0.29, 0.717) is 0 Å². The van der Waals surface area contributed by atoms with Crippen molar-refractivity contribution >= 4 is 0 Å². The minimum absolute atomic E-state index is 1.03. The van der Waals surface area contributed by atoms with E-state index in [-0.39, 0.29) is 0 Å². The van der Waals surface area contributed by atoms with E-state index in [4.69, 9.17) is 0 Å². The Morgan fingerprint density at radius 3 is 2.52 bits per heavy atom. The lowest BCUT2D eigenvalue weighted by Gasteiger charge is -2.13. The van der Waals surface area contributed by atoms with Gasteiger partial charge in [0.05, 0.1) is 0 Å². The predicted octanol–water partition coefficient (Wildman–Crippen LogP) is 5.46. The summed E-state index contributed by atoms with van der Waals surface area (Å²) in [5.74, 6) is 0. The average molecular weight is 283 g/mol. The highest BCUT2D eigenvalue weighted by molar-refractivity contribution is 5.38. The second kappa shape index (κ2) is 8.51. The molecular weight excluding hydrogens is 254 g/mol. The standard InChI is InChI=1S/C20H29N/c1-7-9-19-12-15(3)10-11-20(19)13-16(4)18(6)17(5)14-21-8-2/h8,10-12,14,21H,2,7,9,13H2,1,3-6H3/b17-14+,18-16+. The molecule has 1 rings (SSSR count). The van der Waals surface area contributed by atoms with Crippen LogP contribution < -0.4 is 5.32 Å². The van der Waals surface area contributed by atoms with E-state index in [1.165, 1.54) is 39.8 Å². The Labute approximate surface area is 130 Å². The van der Waals surface area contributed by atoms with E-state index in [0.717, 1.165) is 12.8 Å². The van der Waals surface area contributed by atoms with Gasteiger partial charge in [0, 0.05) is 6.20 Å². The highest BCUT2D eigenvalue weighted by Gasteiger charge is 2.06. The molecule has 1 aromatic rings. The fraction of sp³-hybridized carbons (Fsp3) is 0.400. The van der Waals surface area contributed by atoms with Gasteiger partial charge in [0.15, 0.2) is 0 Å². The number of hydrogen-bond acceptors (Lipinski definition) is 1. The van der Waals surface area contributed by atoms with Crippen LogP contribution >= 0.6 is 0 Å². The third kappa shape index (κ3) is 5.26. The van der Waals surface area contributed by atoms with Crippen LogP contribution in [-0.2, 0) is 12.8 Å². The first-order valence-corrected chi connectivity index (χ1v) is 7.78. The van der Waals surface area contributed by atoms with E-state index < -0.39 is 0 Å². The molecule has 0 amide bonds. The number of benzene rings is 1. The Balaban J connectivity index is 3.01. The van der Waals surface area contributed by atoms with Crippen LogP contribution in [0.1, 0.15) is 50.8 Å². The molecule has 1 N–H and O–H groups in total. The molecular formula is C20H29N. The molecule has 0 fully saturated rings. The van der Waals surface area contributed by atoms with Crippen molar-refractivity contribution in [1.29, 1.82) is 0 Å². The second-order valence-electron chi connectivity index (χ2n) is 5.80. The van der Waals surface area contributed by atoms with E-state index >= 15 is 0 Å². The first-order chi connectivity index (χ1) is 9.99. The van der Waals surface area contributed by atoms with Gasteiger partial charge in [-0.3, -0.25) is 0 Å². The van der Waals surface area contributed by atoms with Crippen molar-refractivity contribution < 1.29 is 0 Å². The van der Waals surface area contributed by atoms with E-state index in [1.807, 2.05) is 6.20 Å². The van der Waals surface area contributed by atoms with Gasteiger partial charge in [-0.05, 0) is 69.0 Å². The Bertz CT molecular complexity index is 547. The molecule has 1 aromatic carbocycles. The van der Waals surface area contributed by atoms with Crippen molar-refractivity contribution in [2.24, 2.45) is 0 Å². The predicted molar refractivity (Wildman–Crippen MR) is 94.3 cm³/mol. The van der Waals surface area contributed by atoms with Gasteiger partial charge in [-0.25, -0.2) is 0 Å². The maximum Gasteiger partial charge on any atom is 0.00363 e. The van der Waals surface area contributed by atoms with Crippen molar-refractivity contribution in [3.05, 3.63) is 70.6 Å². The fourth-order valence-electron chi connectivity index (χ4n) is 2.48. The van der Waals surface area contributed by atoms with Crippen molar-refractivity contribution in [2.45, 2.75) is 53.9 Å². The van der Waals surface area contributed by atoms with Gasteiger partial charge >= 0.3 is 0 Å². The zero-order chi connectivity index (χ0) is 15.8. The third-order valence-corrected chi connectivity index (χ3v) is 3.99. The van der Waals surface area contributed by atoms with Crippen molar-refractivity contribution in [1.82, 2.24) is 5.32 Å². The summed E-state index contributed by atoms with van der Waals surface area (Å²) in [7, 11) is 0. The maximum absolute atomic E-state index is 3.67. The fourth-order valence-corrected chi connectivity index (χ4v) is 2.48.